The molecule has 1 aromatic rings. The first-order valence-corrected chi connectivity index (χ1v) is 11.8. The molecule has 2 heterocycles. The third-order valence-corrected chi connectivity index (χ3v) is 6.35. The molecule has 2 aliphatic rings. The second kappa shape index (κ2) is 14.9. The summed E-state index contributed by atoms with van der Waals surface area (Å²) in [7, 11) is 0. The summed E-state index contributed by atoms with van der Waals surface area (Å²) in [5.41, 5.74) is -0.360. The number of fused-ring (bicyclic) bond motifs is 1. The number of nitrogens with one attached hydrogen (secondary N) is 3. The molecule has 186 valence electrons. The number of hydrogen-bond acceptors (Lipinski definition) is 4. The minimum atomic E-state index is -1.26. The second-order valence-electron chi connectivity index (χ2n) is 9.43. The van der Waals surface area contributed by atoms with Gasteiger partial charge in [0.25, 0.3) is 0 Å². The molecule has 3 N–H and O–H groups in total. The molecule has 2 fully saturated rings. The van der Waals surface area contributed by atoms with Gasteiger partial charge >= 0.3 is 0 Å². The molecule has 1 aromatic carbocycles. The quantitative estimate of drug-likeness (QED) is 0.326. The number of nitrogens with zero attached hydrogens (tertiary/aromatic N) is 1. The van der Waals surface area contributed by atoms with Gasteiger partial charge in [-0.1, -0.05) is 43.2 Å². The van der Waals surface area contributed by atoms with Crippen molar-refractivity contribution in [2.75, 3.05) is 6.54 Å². The Labute approximate surface area is 258 Å². The summed E-state index contributed by atoms with van der Waals surface area (Å²) in [5.74, 6) is -1.44. The molecule has 35 heavy (non-hydrogen) atoms. The molecule has 0 aliphatic carbocycles. The normalized spacial score (nSPS) is 24.4. The maximum atomic E-state index is 13.5. The van der Waals surface area contributed by atoms with Gasteiger partial charge in [-0.15, -0.1) is 0 Å². The van der Waals surface area contributed by atoms with Gasteiger partial charge in [0.2, 0.25) is 23.6 Å². The van der Waals surface area contributed by atoms with Gasteiger partial charge in [0.15, 0.2) is 0 Å². The molecule has 0 unspecified atom stereocenters. The van der Waals surface area contributed by atoms with E-state index in [9.17, 15) is 19.2 Å². The maximum Gasteiger partial charge on any atom is 0.246 e. The van der Waals surface area contributed by atoms with Crippen LogP contribution in [0.5, 0.6) is 0 Å². The Bertz CT molecular complexity index is 881. The van der Waals surface area contributed by atoms with Crippen molar-refractivity contribution >= 4 is 23.6 Å². The van der Waals surface area contributed by atoms with Crippen LogP contribution < -0.4 is 16.0 Å². The van der Waals surface area contributed by atoms with E-state index in [4.69, 9.17) is 0 Å². The van der Waals surface area contributed by atoms with Gasteiger partial charge in [0.05, 0.1) is 0 Å². The first kappa shape index (κ1) is 32.3. The van der Waals surface area contributed by atoms with E-state index in [1.54, 1.807) is 18.7 Å². The molecule has 2 saturated heterocycles. The molecule has 4 amide bonds. The van der Waals surface area contributed by atoms with Crippen LogP contribution in [-0.2, 0) is 91.0 Å². The molecule has 8 nitrogen and oxygen atoms in total. The van der Waals surface area contributed by atoms with Gasteiger partial charge in [-0.3, -0.25) is 19.2 Å². The van der Waals surface area contributed by atoms with Crippen molar-refractivity contribution in [2.45, 2.75) is 82.5 Å². The fourth-order valence-corrected chi connectivity index (χ4v) is 4.41. The summed E-state index contributed by atoms with van der Waals surface area (Å²) < 4.78 is 0. The molecule has 3 atom stereocenters. The summed E-state index contributed by atoms with van der Waals surface area (Å²) in [5, 5.41) is 8.48. The van der Waals surface area contributed by atoms with Crippen molar-refractivity contribution in [3.63, 3.8) is 0 Å². The summed E-state index contributed by atoms with van der Waals surface area (Å²) in [6.45, 7) is 7.47. The van der Waals surface area contributed by atoms with Gasteiger partial charge in [-0.05, 0) is 38.7 Å². The maximum absolute atomic E-state index is 13.5. The Morgan fingerprint density at radius 1 is 0.971 bits per heavy atom. The Morgan fingerprint density at radius 3 is 2.31 bits per heavy atom. The predicted octanol–water partition coefficient (Wildman–Crippen LogP) is 1.49. The number of carbonyl (C=O) groups is 4. The predicted molar refractivity (Wildman–Crippen MR) is 125 cm³/mol. The number of hydrogen-bond donors (Lipinski definition) is 3. The van der Waals surface area contributed by atoms with E-state index in [0.29, 0.717) is 32.2 Å². The molecule has 3 rings (SSSR count). The van der Waals surface area contributed by atoms with Crippen molar-refractivity contribution in [3.05, 3.63) is 42.8 Å². The van der Waals surface area contributed by atoms with Gasteiger partial charge in [-0.25, -0.2) is 0 Å². The molecule has 0 bridgehead atoms. The Hall–Kier alpha value is -0.692. The minimum absolute atomic E-state index is 0. The van der Waals surface area contributed by atoms with Gasteiger partial charge < -0.3 is 27.8 Å². The molecule has 0 spiro atoms. The van der Waals surface area contributed by atoms with Crippen LogP contribution in [0.3, 0.4) is 0 Å². The molecular weight excluding hydrogens is 598 g/mol. The van der Waals surface area contributed by atoms with Crippen LogP contribution in [0.15, 0.2) is 30.3 Å². The fraction of sp³-hybridized carbons (Fsp3) is 0.560. The number of benzene rings is 1. The largest absolute Gasteiger partial charge is 0.343 e. The molecular formula is C25H35N4O4Y2-. The topological polar surface area (TPSA) is 108 Å². The summed E-state index contributed by atoms with van der Waals surface area (Å²) in [6, 6.07) is 7.18. The molecule has 2 radical (unpaired) electrons. The van der Waals surface area contributed by atoms with E-state index in [1.165, 1.54) is 0 Å². The zero-order chi connectivity index (χ0) is 24.0. The second-order valence-corrected chi connectivity index (χ2v) is 9.43. The summed E-state index contributed by atoms with van der Waals surface area (Å²) in [6.07, 6.45) is 4.27. The number of rotatable bonds is 6. The zero-order valence-electron chi connectivity index (χ0n) is 20.7. The SMILES string of the molecule is [CH2-]CCCC[C@@H]1NC(=O)[C@H]2CCCN2C(=O)[C@H](Cc2ccccc2)NC(=O)C(C)(C)NC1=O.[Y].[Y]. The third kappa shape index (κ3) is 8.69. The Kier molecular flexibility index (Phi) is 13.8. The summed E-state index contributed by atoms with van der Waals surface area (Å²) >= 11 is 0. The van der Waals surface area contributed by atoms with E-state index >= 15 is 0 Å². The van der Waals surface area contributed by atoms with E-state index in [2.05, 4.69) is 22.9 Å². The molecule has 0 aromatic heterocycles. The van der Waals surface area contributed by atoms with Crippen LogP contribution in [0.25, 0.3) is 0 Å². The molecule has 0 saturated carbocycles. The first-order chi connectivity index (χ1) is 15.7. The van der Waals surface area contributed by atoms with Crippen molar-refractivity contribution in [2.24, 2.45) is 0 Å². The van der Waals surface area contributed by atoms with E-state index in [1.807, 2.05) is 30.3 Å². The van der Waals surface area contributed by atoms with Crippen molar-refractivity contribution in [3.8, 4) is 0 Å². The van der Waals surface area contributed by atoms with E-state index in [0.717, 1.165) is 24.8 Å². The minimum Gasteiger partial charge on any atom is -0.343 e. The van der Waals surface area contributed by atoms with Gasteiger partial charge in [-0.2, -0.15) is 6.42 Å². The molecule has 2 aliphatic heterocycles. The smallest absolute Gasteiger partial charge is 0.246 e. The van der Waals surface area contributed by atoms with E-state index in [-0.39, 0.29) is 77.2 Å². The third-order valence-electron chi connectivity index (χ3n) is 6.35. The van der Waals surface area contributed by atoms with E-state index < -0.39 is 35.5 Å². The van der Waals surface area contributed by atoms with Crippen molar-refractivity contribution in [1.29, 1.82) is 0 Å². The average Bonchev–Trinajstić information content (AvgIpc) is 3.27. The summed E-state index contributed by atoms with van der Waals surface area (Å²) in [4.78, 5) is 54.5. The monoisotopic (exact) mass is 633 g/mol. The van der Waals surface area contributed by atoms with Gasteiger partial charge in [0.1, 0.15) is 23.7 Å². The standard InChI is InChI=1S/C25H35N4O4.2Y/c1-4-5-7-13-18-21(30)28-25(2,3)24(33)27-19(16-17-11-8-6-9-12-17)23(32)29-15-10-14-20(29)22(31)26-18;;/h6,8-9,11-12,18-20H,1,4-5,7,10,13-16H2,2-3H3,(H,26,31)(H,27,33)(H,28,30);;/q-1;;/t18-,19-,20+;;/m0../s1. The van der Waals surface area contributed by atoms with Crippen LogP contribution in [0.2, 0.25) is 0 Å². The average molecular weight is 633 g/mol. The Balaban J connectivity index is 0.00000306. The van der Waals surface area contributed by atoms with Crippen LogP contribution in [0.4, 0.5) is 0 Å². The van der Waals surface area contributed by atoms with Crippen LogP contribution in [0.1, 0.15) is 57.9 Å². The number of unbranched alkanes of at least 4 members (excludes halogenated alkanes) is 2. The van der Waals surface area contributed by atoms with Crippen LogP contribution in [-0.4, -0.2) is 58.7 Å². The Morgan fingerprint density at radius 2 is 1.66 bits per heavy atom. The van der Waals surface area contributed by atoms with Crippen LogP contribution >= 0.6 is 0 Å². The van der Waals surface area contributed by atoms with Crippen molar-refractivity contribution < 1.29 is 84.6 Å². The first-order valence-electron chi connectivity index (χ1n) is 11.8. The fourth-order valence-electron chi connectivity index (χ4n) is 4.41. The van der Waals surface area contributed by atoms with Crippen LogP contribution in [0, 0.1) is 6.92 Å². The van der Waals surface area contributed by atoms with Gasteiger partial charge in [0, 0.05) is 78.4 Å². The van der Waals surface area contributed by atoms with Crippen molar-refractivity contribution in [1.82, 2.24) is 20.9 Å². The number of carbonyl (C=O) groups excluding carboxylic acids is 4. The zero-order valence-corrected chi connectivity index (χ0v) is 26.4. The molecule has 10 heteroatoms. The number of amides is 4.